The van der Waals surface area contributed by atoms with Crippen molar-refractivity contribution in [2.24, 2.45) is 16.9 Å². The summed E-state index contributed by atoms with van der Waals surface area (Å²) < 4.78 is 0. The molecule has 17 heavy (non-hydrogen) atoms. The second-order valence-electron chi connectivity index (χ2n) is 4.79. The van der Waals surface area contributed by atoms with Crippen LogP contribution in [0.1, 0.15) is 18.9 Å². The second-order valence-corrected chi connectivity index (χ2v) is 4.79. The van der Waals surface area contributed by atoms with Crippen molar-refractivity contribution in [2.45, 2.75) is 13.3 Å². The maximum Gasteiger partial charge on any atom is 0.0299 e. The van der Waals surface area contributed by atoms with Gasteiger partial charge in [-0.2, -0.15) is 0 Å². The highest BCUT2D eigenvalue weighted by molar-refractivity contribution is 5.51. The van der Waals surface area contributed by atoms with Gasteiger partial charge in [-0.1, -0.05) is 55.5 Å². The maximum absolute atomic E-state index is 5.88. The van der Waals surface area contributed by atoms with Gasteiger partial charge in [0.2, 0.25) is 0 Å². The summed E-state index contributed by atoms with van der Waals surface area (Å²) in [6.07, 6.45) is 8.98. The minimum Gasteiger partial charge on any atom is -0.402 e. The summed E-state index contributed by atoms with van der Waals surface area (Å²) in [6.45, 7) is 2.14. The van der Waals surface area contributed by atoms with Gasteiger partial charge in [0, 0.05) is 16.8 Å². The molecule has 0 spiro atoms. The molecule has 4 N–H and O–H groups in total. The summed E-state index contributed by atoms with van der Waals surface area (Å²) in [6, 6.07) is 10.2. The Bertz CT molecular complexity index is 483. The Morgan fingerprint density at radius 1 is 1.18 bits per heavy atom. The maximum atomic E-state index is 5.88. The predicted octanol–water partition coefficient (Wildman–Crippen LogP) is 2.79. The largest absolute Gasteiger partial charge is 0.402 e. The summed E-state index contributed by atoms with van der Waals surface area (Å²) >= 11 is 0. The monoisotopic (exact) mass is 226 g/mol. The molecule has 0 heterocycles. The van der Waals surface area contributed by atoms with Crippen molar-refractivity contribution in [3.05, 3.63) is 65.5 Å². The molecule has 1 aliphatic carbocycles. The average molecular weight is 226 g/mol. The van der Waals surface area contributed by atoms with Crippen LogP contribution in [0.4, 0.5) is 0 Å². The van der Waals surface area contributed by atoms with Crippen molar-refractivity contribution in [1.82, 2.24) is 0 Å². The Morgan fingerprint density at radius 3 is 2.53 bits per heavy atom. The number of rotatable bonds is 2. The van der Waals surface area contributed by atoms with Gasteiger partial charge in [0.15, 0.2) is 0 Å². The summed E-state index contributed by atoms with van der Waals surface area (Å²) in [4.78, 5) is 0. The lowest BCUT2D eigenvalue weighted by Gasteiger charge is -2.26. The summed E-state index contributed by atoms with van der Waals surface area (Å²) in [5, 5.41) is 0. The molecule has 1 aromatic rings. The van der Waals surface area contributed by atoms with Crippen LogP contribution in [0.2, 0.25) is 0 Å². The van der Waals surface area contributed by atoms with Crippen molar-refractivity contribution in [3.8, 4) is 0 Å². The second kappa shape index (κ2) is 4.50. The fraction of sp³-hybridized carbons (Fsp3) is 0.200. The van der Waals surface area contributed by atoms with Crippen LogP contribution >= 0.6 is 0 Å². The van der Waals surface area contributed by atoms with E-state index in [2.05, 4.69) is 37.3 Å². The van der Waals surface area contributed by atoms with E-state index >= 15 is 0 Å². The number of benzene rings is 1. The van der Waals surface area contributed by atoms with Crippen LogP contribution in [0.5, 0.6) is 0 Å². The first-order chi connectivity index (χ1) is 8.07. The van der Waals surface area contributed by atoms with E-state index in [0.717, 1.165) is 17.8 Å². The van der Waals surface area contributed by atoms with Crippen LogP contribution in [0.3, 0.4) is 0 Å². The lowest BCUT2D eigenvalue weighted by molar-refractivity contribution is 0.533. The smallest absolute Gasteiger partial charge is 0.0299 e. The van der Waals surface area contributed by atoms with Crippen molar-refractivity contribution in [1.29, 1.82) is 0 Å². The molecule has 2 nitrogen and oxygen atoms in total. The van der Waals surface area contributed by atoms with E-state index < -0.39 is 0 Å². The third kappa shape index (κ3) is 3.00. The van der Waals surface area contributed by atoms with Gasteiger partial charge >= 0.3 is 0 Å². The van der Waals surface area contributed by atoms with Crippen LogP contribution in [0.15, 0.2) is 60.0 Å². The van der Waals surface area contributed by atoms with E-state index in [-0.39, 0.29) is 5.41 Å². The molecular weight excluding hydrogens is 208 g/mol. The molecular formula is C15H18N2. The Morgan fingerprint density at radius 2 is 1.88 bits per heavy atom. The van der Waals surface area contributed by atoms with E-state index in [9.17, 15) is 0 Å². The lowest BCUT2D eigenvalue weighted by atomic mass is 9.81. The number of hydrogen-bond donors (Lipinski definition) is 2. The fourth-order valence-corrected chi connectivity index (χ4v) is 2.14. The lowest BCUT2D eigenvalue weighted by Crippen LogP contribution is -2.21. The van der Waals surface area contributed by atoms with Crippen LogP contribution < -0.4 is 11.5 Å². The molecule has 0 saturated carbocycles. The minimum absolute atomic E-state index is 0.0846. The van der Waals surface area contributed by atoms with Gasteiger partial charge in [0.1, 0.15) is 0 Å². The molecule has 88 valence electrons. The Hall–Kier alpha value is -1.96. The van der Waals surface area contributed by atoms with Gasteiger partial charge in [0.25, 0.3) is 0 Å². The Labute approximate surface area is 102 Å². The molecule has 0 radical (unpaired) electrons. The van der Waals surface area contributed by atoms with E-state index in [1.54, 1.807) is 0 Å². The first-order valence-electron chi connectivity index (χ1n) is 5.76. The number of nitrogens with two attached hydrogens (primary N) is 2. The topological polar surface area (TPSA) is 52.0 Å². The molecule has 0 amide bonds. The zero-order valence-electron chi connectivity index (χ0n) is 10.1. The molecule has 1 aliphatic rings. The molecule has 1 aromatic carbocycles. The van der Waals surface area contributed by atoms with Gasteiger partial charge in [0.05, 0.1) is 0 Å². The highest BCUT2D eigenvalue weighted by Crippen LogP contribution is 2.32. The van der Waals surface area contributed by atoms with Crippen molar-refractivity contribution < 1.29 is 0 Å². The molecule has 2 rings (SSSR count). The molecule has 0 fully saturated rings. The molecule has 1 atom stereocenters. The SMILES string of the molecule is CC1(C=Cc2ccccc2)C=C(N)C=C(N)C1. The normalized spacial score (nSPS) is 24.5. The molecule has 2 heteroatoms. The molecule has 0 saturated heterocycles. The van der Waals surface area contributed by atoms with E-state index in [1.165, 1.54) is 5.56 Å². The summed E-state index contributed by atoms with van der Waals surface area (Å²) in [5.41, 5.74) is 14.4. The minimum atomic E-state index is -0.0846. The van der Waals surface area contributed by atoms with E-state index in [1.807, 2.05) is 24.3 Å². The van der Waals surface area contributed by atoms with Crippen molar-refractivity contribution in [3.63, 3.8) is 0 Å². The molecule has 0 aromatic heterocycles. The highest BCUT2D eigenvalue weighted by atomic mass is 14.6. The first-order valence-corrected chi connectivity index (χ1v) is 5.76. The number of hydrogen-bond acceptors (Lipinski definition) is 2. The number of allylic oxidation sites excluding steroid dienone is 4. The molecule has 0 bridgehead atoms. The Kier molecular flexibility index (Phi) is 3.05. The zero-order valence-corrected chi connectivity index (χ0v) is 10.1. The van der Waals surface area contributed by atoms with Crippen LogP contribution in [0.25, 0.3) is 6.08 Å². The standard InChI is InChI=1S/C15H18N2/c1-15(10-13(16)9-14(17)11-15)8-7-12-5-3-2-4-6-12/h2-10H,11,16-17H2,1H3. The highest BCUT2D eigenvalue weighted by Gasteiger charge is 2.22. The van der Waals surface area contributed by atoms with E-state index in [0.29, 0.717) is 0 Å². The third-order valence-corrected chi connectivity index (χ3v) is 2.89. The van der Waals surface area contributed by atoms with Gasteiger partial charge in [-0.25, -0.2) is 0 Å². The average Bonchev–Trinajstić information content (AvgIpc) is 2.26. The predicted molar refractivity (Wildman–Crippen MR) is 72.7 cm³/mol. The van der Waals surface area contributed by atoms with Crippen LogP contribution in [0, 0.1) is 5.41 Å². The quantitative estimate of drug-likeness (QED) is 0.814. The van der Waals surface area contributed by atoms with Gasteiger partial charge < -0.3 is 11.5 Å². The van der Waals surface area contributed by atoms with Gasteiger partial charge in [-0.15, -0.1) is 0 Å². The third-order valence-electron chi connectivity index (χ3n) is 2.89. The van der Waals surface area contributed by atoms with Crippen LogP contribution in [-0.2, 0) is 0 Å². The van der Waals surface area contributed by atoms with E-state index in [4.69, 9.17) is 11.5 Å². The van der Waals surface area contributed by atoms with Crippen molar-refractivity contribution in [2.75, 3.05) is 0 Å². The fourth-order valence-electron chi connectivity index (χ4n) is 2.14. The van der Waals surface area contributed by atoms with Gasteiger partial charge in [-0.05, 0) is 18.1 Å². The molecule has 0 aliphatic heterocycles. The Balaban J connectivity index is 2.19. The summed E-state index contributed by atoms with van der Waals surface area (Å²) in [7, 11) is 0. The van der Waals surface area contributed by atoms with Crippen LogP contribution in [-0.4, -0.2) is 0 Å². The first kappa shape index (κ1) is 11.5. The zero-order chi connectivity index (χ0) is 12.3. The van der Waals surface area contributed by atoms with Crippen molar-refractivity contribution >= 4 is 6.08 Å². The summed E-state index contributed by atoms with van der Waals surface area (Å²) in [5.74, 6) is 0. The molecule has 1 unspecified atom stereocenters. The van der Waals surface area contributed by atoms with Gasteiger partial charge in [-0.3, -0.25) is 0 Å².